The first-order chi connectivity index (χ1) is 19.6. The van der Waals surface area contributed by atoms with Crippen LogP contribution in [-0.4, -0.2) is 76.5 Å². The molecular weight excluding hydrogens is 540 g/mol. The molecule has 4 amide bonds. The molecule has 1 rings (SSSR count). The number of nitrogens with two attached hydrogens (primary N) is 1. The molecule has 42 heavy (non-hydrogen) atoms. The van der Waals surface area contributed by atoms with E-state index >= 15 is 0 Å². The first-order valence-corrected chi connectivity index (χ1v) is 15.0. The van der Waals surface area contributed by atoms with Crippen LogP contribution in [-0.2, 0) is 31.2 Å². The number of hydrogen-bond donors (Lipinski definition) is 5. The zero-order valence-corrected chi connectivity index (χ0v) is 27.8. The second kappa shape index (κ2) is 21.6. The molecule has 1 aromatic rings. The fraction of sp³-hybridized carbons (Fsp3) is 0.793. The number of likely N-dealkylation sites (N-methyl/N-ethyl adjacent to an activating group) is 1. The lowest BCUT2D eigenvalue weighted by atomic mass is 10.0. The number of primary amides is 1. The number of amides is 4. The summed E-state index contributed by atoms with van der Waals surface area (Å²) in [4.78, 5) is 47.8. The molecule has 0 saturated carbocycles. The maximum Gasteiger partial charge on any atom is 0.312 e. The number of nitrogens with zero attached hydrogens (tertiary/aromatic N) is 3. The Morgan fingerprint density at radius 1 is 1.00 bits per heavy atom. The van der Waals surface area contributed by atoms with Crippen molar-refractivity contribution in [1.82, 2.24) is 36.3 Å². The molecule has 0 radical (unpaired) electrons. The molecule has 0 fully saturated rings. The quantitative estimate of drug-likeness (QED) is 0.170. The predicted molar refractivity (Wildman–Crippen MR) is 166 cm³/mol. The number of aromatic nitrogens is 3. The first-order valence-electron chi connectivity index (χ1n) is 15.0. The van der Waals surface area contributed by atoms with Crippen molar-refractivity contribution in [3.8, 4) is 0 Å². The third-order valence-corrected chi connectivity index (χ3v) is 5.98. The van der Waals surface area contributed by atoms with Gasteiger partial charge in [-0.1, -0.05) is 32.9 Å². The van der Waals surface area contributed by atoms with Gasteiger partial charge in [0.2, 0.25) is 11.8 Å². The van der Waals surface area contributed by atoms with Crippen LogP contribution in [0.3, 0.4) is 0 Å². The summed E-state index contributed by atoms with van der Waals surface area (Å²) in [6, 6.07) is -1.98. The number of ether oxygens (including phenoxy) is 1. The number of nitrogens with one attached hydrogen (secondary N) is 4. The van der Waals surface area contributed by atoms with Crippen LogP contribution < -0.4 is 27.0 Å². The van der Waals surface area contributed by atoms with Gasteiger partial charge in [0.1, 0.15) is 5.69 Å². The summed E-state index contributed by atoms with van der Waals surface area (Å²) < 4.78 is 7.60. The Kier molecular flexibility index (Phi) is 21.1. The maximum absolute atomic E-state index is 12.7. The van der Waals surface area contributed by atoms with E-state index in [-0.39, 0.29) is 48.1 Å². The number of carbonyl (C=O) groups excluding carboxylic acids is 4. The summed E-state index contributed by atoms with van der Waals surface area (Å²) in [6.45, 7) is 20.6. The largest absolute Gasteiger partial charge is 0.376 e. The Balaban J connectivity index is 0. The van der Waals surface area contributed by atoms with Crippen LogP contribution in [0.2, 0.25) is 0 Å². The fourth-order valence-electron chi connectivity index (χ4n) is 3.52. The van der Waals surface area contributed by atoms with Crippen molar-refractivity contribution in [1.29, 1.82) is 0 Å². The summed E-state index contributed by atoms with van der Waals surface area (Å²) in [6.07, 6.45) is 3.75. The number of Topliss-reactive ketones (excluding diaryl/α,β-unsaturated/α-hetero) is 1. The molecule has 0 aliphatic rings. The van der Waals surface area contributed by atoms with Crippen molar-refractivity contribution < 1.29 is 23.9 Å². The lowest BCUT2D eigenvalue weighted by Crippen LogP contribution is -2.49. The van der Waals surface area contributed by atoms with Gasteiger partial charge >= 0.3 is 6.03 Å². The fourth-order valence-corrected chi connectivity index (χ4v) is 3.52. The predicted octanol–water partition coefficient (Wildman–Crippen LogP) is 2.78. The highest BCUT2D eigenvalue weighted by Gasteiger charge is 2.25. The van der Waals surface area contributed by atoms with Crippen LogP contribution in [0.25, 0.3) is 0 Å². The molecule has 1 heterocycles. The molecule has 1 aromatic heterocycles. The highest BCUT2D eigenvalue weighted by molar-refractivity contribution is 5.90. The van der Waals surface area contributed by atoms with E-state index in [1.165, 1.54) is 6.92 Å². The zero-order chi connectivity index (χ0) is 32.9. The van der Waals surface area contributed by atoms with E-state index in [1.807, 2.05) is 68.5 Å². The van der Waals surface area contributed by atoms with E-state index in [1.54, 1.807) is 11.7 Å². The van der Waals surface area contributed by atoms with E-state index in [0.717, 1.165) is 6.42 Å². The van der Waals surface area contributed by atoms with E-state index in [0.29, 0.717) is 31.7 Å². The second-order valence-corrected chi connectivity index (χ2v) is 10.9. The monoisotopic (exact) mass is 598 g/mol. The van der Waals surface area contributed by atoms with Crippen molar-refractivity contribution in [3.63, 3.8) is 0 Å². The summed E-state index contributed by atoms with van der Waals surface area (Å²) in [7, 11) is 1.62. The minimum atomic E-state index is -0.686. The third-order valence-electron chi connectivity index (χ3n) is 5.98. The van der Waals surface area contributed by atoms with Crippen molar-refractivity contribution in [2.24, 2.45) is 5.73 Å². The number of ketones is 1. The van der Waals surface area contributed by atoms with Gasteiger partial charge in [0.15, 0.2) is 5.78 Å². The SMILES string of the molecule is CC.CC.CNC(CCC(=O)NCc1cn(C(C)(C)CCOC(C)(C)C)nn1)C(=O)NC(CCCNC(N)=O)C(C)=O. The first kappa shape index (κ1) is 41.1. The summed E-state index contributed by atoms with van der Waals surface area (Å²) in [5, 5.41) is 19.2. The second-order valence-electron chi connectivity index (χ2n) is 10.9. The molecule has 13 nitrogen and oxygen atoms in total. The maximum atomic E-state index is 12.7. The van der Waals surface area contributed by atoms with Crippen LogP contribution in [0.1, 0.15) is 107 Å². The van der Waals surface area contributed by atoms with Crippen molar-refractivity contribution >= 4 is 23.6 Å². The molecular formula is C29H58N8O5. The topological polar surface area (TPSA) is 182 Å². The number of urea groups is 1. The molecule has 0 aromatic carbocycles. The average molecular weight is 599 g/mol. The van der Waals surface area contributed by atoms with Gasteiger partial charge in [0.05, 0.1) is 36.0 Å². The van der Waals surface area contributed by atoms with Gasteiger partial charge in [-0.15, -0.1) is 5.10 Å². The Morgan fingerprint density at radius 2 is 1.62 bits per heavy atom. The number of hydrogen-bond acceptors (Lipinski definition) is 8. The van der Waals surface area contributed by atoms with Crippen LogP contribution in [0.15, 0.2) is 6.20 Å². The van der Waals surface area contributed by atoms with Gasteiger partial charge in [-0.25, -0.2) is 9.48 Å². The smallest absolute Gasteiger partial charge is 0.312 e. The van der Waals surface area contributed by atoms with Crippen LogP contribution in [0.5, 0.6) is 0 Å². The summed E-state index contributed by atoms with van der Waals surface area (Å²) in [5.74, 6) is -0.793. The highest BCUT2D eigenvalue weighted by Crippen LogP contribution is 2.20. The van der Waals surface area contributed by atoms with Crippen molar-refractivity contribution in [2.75, 3.05) is 20.2 Å². The van der Waals surface area contributed by atoms with E-state index in [2.05, 4.69) is 31.6 Å². The molecule has 0 saturated heterocycles. The van der Waals surface area contributed by atoms with Crippen molar-refractivity contribution in [2.45, 2.75) is 131 Å². The molecule has 2 unspecified atom stereocenters. The standard InChI is InChI=1S/C25H46N8O5.2C2H6/c1-17(34)19(9-8-13-28-23(26)37)30-22(36)20(27-7)10-11-21(35)29-15-18-16-33(32-31-18)25(5,6)12-14-38-24(2,3)4;2*1-2/h16,19-20,27H,8-15H2,1-7H3,(H,29,35)(H,30,36)(H3,26,28,37);2*1-2H3. The van der Waals surface area contributed by atoms with Gasteiger partial charge in [-0.2, -0.15) is 0 Å². The van der Waals surface area contributed by atoms with Crippen LogP contribution >= 0.6 is 0 Å². The molecule has 13 heteroatoms. The third kappa shape index (κ3) is 18.4. The Bertz CT molecular complexity index is 927. The van der Waals surface area contributed by atoms with Crippen molar-refractivity contribution in [3.05, 3.63) is 11.9 Å². The van der Waals surface area contributed by atoms with Crippen LogP contribution in [0.4, 0.5) is 4.79 Å². The normalized spacial score (nSPS) is 12.5. The molecule has 2 atom stereocenters. The van der Waals surface area contributed by atoms with E-state index in [9.17, 15) is 19.2 Å². The Labute approximate surface area is 252 Å². The molecule has 0 spiro atoms. The minimum Gasteiger partial charge on any atom is -0.376 e. The summed E-state index contributed by atoms with van der Waals surface area (Å²) in [5.41, 5.74) is 5.14. The molecule has 0 aliphatic heterocycles. The lowest BCUT2D eigenvalue weighted by Gasteiger charge is -2.27. The van der Waals surface area contributed by atoms with Gasteiger partial charge in [-0.3, -0.25) is 14.4 Å². The average Bonchev–Trinajstić information content (AvgIpc) is 3.41. The number of rotatable bonds is 17. The number of carbonyl (C=O) groups is 4. The highest BCUT2D eigenvalue weighted by atomic mass is 16.5. The van der Waals surface area contributed by atoms with Gasteiger partial charge < -0.3 is 31.7 Å². The van der Waals surface area contributed by atoms with Crippen LogP contribution in [0, 0.1) is 0 Å². The molecule has 0 bridgehead atoms. The molecule has 0 aliphatic carbocycles. The van der Waals surface area contributed by atoms with Gasteiger partial charge in [-0.05, 0) is 74.3 Å². The molecule has 244 valence electrons. The minimum absolute atomic E-state index is 0.107. The Hall–Kier alpha value is -3.06. The van der Waals surface area contributed by atoms with Gasteiger partial charge in [0, 0.05) is 19.6 Å². The Morgan fingerprint density at radius 3 is 2.14 bits per heavy atom. The molecule has 6 N–H and O–H groups in total. The summed E-state index contributed by atoms with van der Waals surface area (Å²) >= 11 is 0. The van der Waals surface area contributed by atoms with E-state index < -0.39 is 18.1 Å². The lowest BCUT2D eigenvalue weighted by molar-refractivity contribution is -0.128. The van der Waals surface area contributed by atoms with Gasteiger partial charge in [0.25, 0.3) is 0 Å². The zero-order valence-electron chi connectivity index (χ0n) is 27.8. The van der Waals surface area contributed by atoms with E-state index in [4.69, 9.17) is 10.5 Å².